The number of carbonyl (C=O) groups is 2. The molecule has 1 aliphatic carbocycles. The number of aryl methyl sites for hydroxylation is 1. The summed E-state index contributed by atoms with van der Waals surface area (Å²) in [5.74, 6) is -1.16. The molecule has 2 amide bonds. The Labute approximate surface area is 261 Å². The van der Waals surface area contributed by atoms with Crippen LogP contribution in [0.4, 0.5) is 18.9 Å². The predicted molar refractivity (Wildman–Crippen MR) is 164 cm³/mol. The number of rotatable bonds is 10. The number of halogens is 4. The number of amides is 2. The molecule has 3 aromatic rings. The van der Waals surface area contributed by atoms with E-state index in [1.165, 1.54) is 23.1 Å². The quantitative estimate of drug-likeness (QED) is 0.264. The first-order chi connectivity index (χ1) is 20.8. The monoisotopic (exact) mass is 649 g/mol. The van der Waals surface area contributed by atoms with Crippen molar-refractivity contribution in [3.8, 4) is 0 Å². The number of alkyl halides is 3. The van der Waals surface area contributed by atoms with E-state index < -0.39 is 46.2 Å². The Morgan fingerprint density at radius 2 is 1.61 bits per heavy atom. The first-order valence-electron chi connectivity index (χ1n) is 14.4. The molecule has 0 heterocycles. The number of nitrogens with one attached hydrogen (secondary N) is 1. The van der Waals surface area contributed by atoms with Crippen LogP contribution in [0.1, 0.15) is 55.7 Å². The maximum absolute atomic E-state index is 14.0. The largest absolute Gasteiger partial charge is 0.416 e. The SMILES string of the molecule is Cc1ccc(S(=O)(=O)N(CC(=O)N(Cc2ccc(Cl)cc2)[C@@H](C)C(=O)NC2CCCCC2)c2cccc(C(F)(F)F)c2)cc1. The minimum atomic E-state index is -4.74. The lowest BCUT2D eigenvalue weighted by molar-refractivity contribution is -0.139. The average molecular weight is 650 g/mol. The van der Waals surface area contributed by atoms with Crippen molar-refractivity contribution in [2.45, 2.75) is 75.7 Å². The van der Waals surface area contributed by atoms with E-state index in [2.05, 4.69) is 5.32 Å². The lowest BCUT2D eigenvalue weighted by atomic mass is 9.95. The van der Waals surface area contributed by atoms with Crippen molar-refractivity contribution < 1.29 is 31.2 Å². The molecular formula is C32H35ClF3N3O4S. The van der Waals surface area contributed by atoms with Crippen LogP contribution in [0.15, 0.2) is 77.7 Å². The Hall–Kier alpha value is -3.57. The third-order valence-electron chi connectivity index (χ3n) is 7.73. The van der Waals surface area contributed by atoms with Crippen LogP contribution in [0.3, 0.4) is 0 Å². The molecule has 1 fully saturated rings. The van der Waals surface area contributed by atoms with E-state index in [0.29, 0.717) is 21.0 Å². The summed E-state index contributed by atoms with van der Waals surface area (Å²) in [6.07, 6.45) is -0.0515. The molecule has 4 rings (SSSR count). The molecule has 1 saturated carbocycles. The lowest BCUT2D eigenvalue weighted by Crippen LogP contribution is -2.53. The van der Waals surface area contributed by atoms with Crippen molar-refractivity contribution in [2.24, 2.45) is 0 Å². The molecule has 1 atom stereocenters. The summed E-state index contributed by atoms with van der Waals surface area (Å²) in [5, 5.41) is 3.48. The summed E-state index contributed by atoms with van der Waals surface area (Å²) < 4.78 is 69.4. The van der Waals surface area contributed by atoms with Gasteiger partial charge >= 0.3 is 6.18 Å². The Morgan fingerprint density at radius 1 is 0.977 bits per heavy atom. The number of sulfonamides is 1. The highest BCUT2D eigenvalue weighted by atomic mass is 35.5. The fourth-order valence-electron chi connectivity index (χ4n) is 5.14. The highest BCUT2D eigenvalue weighted by molar-refractivity contribution is 7.92. The van der Waals surface area contributed by atoms with Crippen molar-refractivity contribution in [2.75, 3.05) is 10.8 Å². The molecule has 0 aliphatic heterocycles. The molecule has 0 spiro atoms. The van der Waals surface area contributed by atoms with Gasteiger partial charge in [0.05, 0.1) is 16.1 Å². The fourth-order valence-corrected chi connectivity index (χ4v) is 6.67. The van der Waals surface area contributed by atoms with Crippen LogP contribution in [-0.4, -0.2) is 43.8 Å². The van der Waals surface area contributed by atoms with E-state index in [9.17, 15) is 31.2 Å². The van der Waals surface area contributed by atoms with E-state index >= 15 is 0 Å². The summed E-state index contributed by atoms with van der Waals surface area (Å²) in [6.45, 7) is 2.41. The zero-order valence-electron chi connectivity index (χ0n) is 24.5. The van der Waals surface area contributed by atoms with Crippen LogP contribution in [0, 0.1) is 6.92 Å². The molecule has 44 heavy (non-hydrogen) atoms. The molecule has 7 nitrogen and oxygen atoms in total. The minimum absolute atomic E-state index is 0.0327. The molecule has 1 aliphatic rings. The van der Waals surface area contributed by atoms with Gasteiger partial charge in [0.2, 0.25) is 11.8 Å². The number of anilines is 1. The number of benzene rings is 3. The molecule has 0 saturated heterocycles. The van der Waals surface area contributed by atoms with Crippen LogP contribution in [0.25, 0.3) is 0 Å². The topological polar surface area (TPSA) is 86.8 Å². The molecule has 0 bridgehead atoms. The van der Waals surface area contributed by atoms with Gasteiger partial charge in [0.15, 0.2) is 0 Å². The average Bonchev–Trinajstić information content (AvgIpc) is 2.99. The van der Waals surface area contributed by atoms with Crippen molar-refractivity contribution in [3.05, 3.63) is 94.5 Å². The number of carbonyl (C=O) groups excluding carboxylic acids is 2. The second-order valence-electron chi connectivity index (χ2n) is 11.0. The van der Waals surface area contributed by atoms with Gasteiger partial charge in [-0.15, -0.1) is 0 Å². The van der Waals surface area contributed by atoms with Crippen LogP contribution in [0.5, 0.6) is 0 Å². The van der Waals surface area contributed by atoms with Gasteiger partial charge in [0, 0.05) is 17.6 Å². The molecule has 236 valence electrons. The number of hydrogen-bond donors (Lipinski definition) is 1. The van der Waals surface area contributed by atoms with E-state index in [-0.39, 0.29) is 23.2 Å². The van der Waals surface area contributed by atoms with E-state index in [4.69, 9.17) is 11.6 Å². The molecule has 1 N–H and O–H groups in total. The van der Waals surface area contributed by atoms with Gasteiger partial charge in [-0.05, 0) is 74.7 Å². The van der Waals surface area contributed by atoms with Gasteiger partial charge in [-0.2, -0.15) is 13.2 Å². The third kappa shape index (κ3) is 8.32. The Bertz CT molecular complexity index is 1560. The molecule has 3 aromatic carbocycles. The zero-order chi connectivity index (χ0) is 32.1. The highest BCUT2D eigenvalue weighted by Crippen LogP contribution is 2.33. The summed E-state index contributed by atoms with van der Waals surface area (Å²) in [5.41, 5.74) is 0.00831. The van der Waals surface area contributed by atoms with E-state index in [1.807, 2.05) is 0 Å². The van der Waals surface area contributed by atoms with Gasteiger partial charge in [-0.1, -0.05) is 66.8 Å². The molecule has 0 aromatic heterocycles. The Kier molecular flexibility index (Phi) is 10.6. The van der Waals surface area contributed by atoms with Gasteiger partial charge in [-0.3, -0.25) is 13.9 Å². The van der Waals surface area contributed by atoms with Crippen molar-refractivity contribution >= 4 is 39.1 Å². The van der Waals surface area contributed by atoms with Crippen LogP contribution in [0.2, 0.25) is 5.02 Å². The van der Waals surface area contributed by atoms with Crippen LogP contribution in [-0.2, 0) is 32.3 Å². The smallest absolute Gasteiger partial charge is 0.352 e. The third-order valence-corrected chi connectivity index (χ3v) is 9.77. The zero-order valence-corrected chi connectivity index (χ0v) is 26.1. The van der Waals surface area contributed by atoms with Gasteiger partial charge in [-0.25, -0.2) is 8.42 Å². The number of nitrogens with zero attached hydrogens (tertiary/aromatic N) is 2. The van der Waals surface area contributed by atoms with E-state index in [0.717, 1.165) is 49.8 Å². The van der Waals surface area contributed by atoms with Crippen LogP contribution < -0.4 is 9.62 Å². The first-order valence-corrected chi connectivity index (χ1v) is 16.2. The maximum Gasteiger partial charge on any atom is 0.416 e. The molecule has 0 unspecified atom stereocenters. The summed E-state index contributed by atoms with van der Waals surface area (Å²) >= 11 is 6.03. The van der Waals surface area contributed by atoms with Crippen molar-refractivity contribution in [1.82, 2.24) is 10.2 Å². The molecular weight excluding hydrogens is 615 g/mol. The first kappa shape index (κ1) is 33.3. The summed E-state index contributed by atoms with van der Waals surface area (Å²) in [7, 11) is -4.51. The predicted octanol–water partition coefficient (Wildman–Crippen LogP) is 6.73. The minimum Gasteiger partial charge on any atom is -0.352 e. The normalized spacial score (nSPS) is 15.0. The summed E-state index contributed by atoms with van der Waals surface area (Å²) in [4.78, 5) is 28.5. The Balaban J connectivity index is 1.72. The Morgan fingerprint density at radius 3 is 2.23 bits per heavy atom. The fraction of sp³-hybridized carbons (Fsp3) is 0.375. The second kappa shape index (κ2) is 14.0. The van der Waals surface area contributed by atoms with Crippen LogP contribution >= 0.6 is 11.6 Å². The highest BCUT2D eigenvalue weighted by Gasteiger charge is 2.35. The van der Waals surface area contributed by atoms with E-state index in [1.54, 1.807) is 50.2 Å². The van der Waals surface area contributed by atoms with Gasteiger partial charge in [0.1, 0.15) is 12.6 Å². The molecule has 0 radical (unpaired) electrons. The van der Waals surface area contributed by atoms with Crippen molar-refractivity contribution in [3.63, 3.8) is 0 Å². The number of hydrogen-bond acceptors (Lipinski definition) is 4. The maximum atomic E-state index is 14.0. The summed E-state index contributed by atoms with van der Waals surface area (Å²) in [6, 6.07) is 15.2. The standard InChI is InChI=1S/C32H35ClF3N3O4S/c1-22-11-17-29(18-12-22)44(42,43)39(28-10-6-7-25(19-28)32(34,35)36)21-30(40)38(20-24-13-15-26(33)16-14-24)23(2)31(41)37-27-8-4-3-5-9-27/h6-7,10-19,23,27H,3-5,8-9,20-21H2,1-2H3,(H,37,41)/t23-/m0/s1. The van der Waals surface area contributed by atoms with Gasteiger partial charge in [0.25, 0.3) is 10.0 Å². The molecule has 12 heteroatoms. The van der Waals surface area contributed by atoms with Gasteiger partial charge < -0.3 is 10.2 Å². The van der Waals surface area contributed by atoms with Crippen molar-refractivity contribution in [1.29, 1.82) is 0 Å². The lowest BCUT2D eigenvalue weighted by Gasteiger charge is -2.33. The second-order valence-corrected chi connectivity index (χ2v) is 13.3.